The third-order valence-corrected chi connectivity index (χ3v) is 1.67. The fraction of sp³-hybridized carbons (Fsp3) is 0.273. The first kappa shape index (κ1) is 9.81. The highest BCUT2D eigenvalue weighted by Gasteiger charge is 1.98. The average molecular weight is 178 g/mol. The second-order valence-electron chi connectivity index (χ2n) is 2.59. The van der Waals surface area contributed by atoms with Crippen LogP contribution in [0.25, 0.3) is 5.76 Å². The molecule has 0 aliphatic rings. The second kappa shape index (κ2) is 5.38. The predicted octanol–water partition coefficient (Wildman–Crippen LogP) is 2.06. The monoisotopic (exact) mass is 178 g/mol. The largest absolute Gasteiger partial charge is 0.491 e. The SMILES string of the molecule is C/C=C(/OCCO)c1ccccc1. The van der Waals surface area contributed by atoms with Crippen molar-refractivity contribution in [2.75, 3.05) is 13.2 Å². The molecular formula is C11H14O2. The smallest absolute Gasteiger partial charge is 0.122 e. The second-order valence-corrected chi connectivity index (χ2v) is 2.59. The Morgan fingerprint density at radius 1 is 1.38 bits per heavy atom. The quantitative estimate of drug-likeness (QED) is 0.715. The molecule has 1 aromatic rings. The molecule has 0 aromatic heterocycles. The van der Waals surface area contributed by atoms with E-state index in [1.165, 1.54) is 0 Å². The van der Waals surface area contributed by atoms with Gasteiger partial charge < -0.3 is 9.84 Å². The molecule has 0 unspecified atom stereocenters. The van der Waals surface area contributed by atoms with E-state index in [1.807, 2.05) is 43.3 Å². The number of benzene rings is 1. The Morgan fingerprint density at radius 2 is 2.08 bits per heavy atom. The van der Waals surface area contributed by atoms with Crippen molar-refractivity contribution in [3.8, 4) is 0 Å². The molecule has 0 atom stereocenters. The molecular weight excluding hydrogens is 164 g/mol. The zero-order valence-electron chi connectivity index (χ0n) is 7.73. The van der Waals surface area contributed by atoms with Gasteiger partial charge in [-0.15, -0.1) is 0 Å². The number of allylic oxidation sites excluding steroid dienone is 1. The highest BCUT2D eigenvalue weighted by atomic mass is 16.5. The maximum absolute atomic E-state index is 8.61. The van der Waals surface area contributed by atoms with Gasteiger partial charge in [-0.1, -0.05) is 30.3 Å². The van der Waals surface area contributed by atoms with Gasteiger partial charge in [0.05, 0.1) is 6.61 Å². The van der Waals surface area contributed by atoms with E-state index in [-0.39, 0.29) is 6.61 Å². The number of ether oxygens (including phenoxy) is 1. The summed E-state index contributed by atoms with van der Waals surface area (Å²) < 4.78 is 5.34. The lowest BCUT2D eigenvalue weighted by Gasteiger charge is -2.08. The molecule has 2 nitrogen and oxygen atoms in total. The summed E-state index contributed by atoms with van der Waals surface area (Å²) in [4.78, 5) is 0. The minimum absolute atomic E-state index is 0.0458. The first-order valence-electron chi connectivity index (χ1n) is 4.34. The molecule has 1 rings (SSSR count). The Morgan fingerprint density at radius 3 is 2.62 bits per heavy atom. The summed E-state index contributed by atoms with van der Waals surface area (Å²) in [6, 6.07) is 9.84. The molecule has 70 valence electrons. The highest BCUT2D eigenvalue weighted by Crippen LogP contribution is 2.14. The van der Waals surface area contributed by atoms with Gasteiger partial charge >= 0.3 is 0 Å². The molecule has 1 N–H and O–H groups in total. The molecule has 1 aromatic carbocycles. The number of hydrogen-bond donors (Lipinski definition) is 1. The summed E-state index contributed by atoms with van der Waals surface area (Å²) in [7, 11) is 0. The lowest BCUT2D eigenvalue weighted by atomic mass is 10.2. The number of hydrogen-bond acceptors (Lipinski definition) is 2. The van der Waals surface area contributed by atoms with Crippen molar-refractivity contribution in [3.63, 3.8) is 0 Å². The summed E-state index contributed by atoms with van der Waals surface area (Å²) in [6.07, 6.45) is 1.89. The van der Waals surface area contributed by atoms with Crippen molar-refractivity contribution in [2.45, 2.75) is 6.92 Å². The maximum Gasteiger partial charge on any atom is 0.122 e. The van der Waals surface area contributed by atoms with Gasteiger partial charge in [0.1, 0.15) is 12.4 Å². The van der Waals surface area contributed by atoms with Gasteiger partial charge in [-0.3, -0.25) is 0 Å². The summed E-state index contributed by atoms with van der Waals surface area (Å²) in [5, 5.41) is 8.61. The van der Waals surface area contributed by atoms with Gasteiger partial charge in [-0.25, -0.2) is 0 Å². The van der Waals surface area contributed by atoms with E-state index in [0.29, 0.717) is 6.61 Å². The number of rotatable bonds is 4. The molecule has 0 bridgehead atoms. The minimum Gasteiger partial charge on any atom is -0.491 e. The summed E-state index contributed by atoms with van der Waals surface area (Å²) >= 11 is 0. The van der Waals surface area contributed by atoms with Gasteiger partial charge in [-0.2, -0.15) is 0 Å². The first-order chi connectivity index (χ1) is 6.38. The van der Waals surface area contributed by atoms with Crippen LogP contribution in [0.4, 0.5) is 0 Å². The molecule has 0 amide bonds. The van der Waals surface area contributed by atoms with Crippen LogP contribution in [-0.2, 0) is 4.74 Å². The predicted molar refractivity (Wildman–Crippen MR) is 53.1 cm³/mol. The van der Waals surface area contributed by atoms with Crippen LogP contribution in [0.15, 0.2) is 36.4 Å². The molecule has 0 heterocycles. The van der Waals surface area contributed by atoms with Crippen molar-refractivity contribution in [2.24, 2.45) is 0 Å². The molecule has 13 heavy (non-hydrogen) atoms. The third-order valence-electron chi connectivity index (χ3n) is 1.67. The molecule has 0 saturated carbocycles. The normalized spacial score (nSPS) is 11.4. The van der Waals surface area contributed by atoms with E-state index in [0.717, 1.165) is 11.3 Å². The molecule has 0 fully saturated rings. The van der Waals surface area contributed by atoms with E-state index in [1.54, 1.807) is 0 Å². The molecule has 0 spiro atoms. The molecule has 0 aliphatic carbocycles. The van der Waals surface area contributed by atoms with E-state index >= 15 is 0 Å². The van der Waals surface area contributed by atoms with Gasteiger partial charge in [0, 0.05) is 5.56 Å². The van der Waals surface area contributed by atoms with Crippen LogP contribution in [0.1, 0.15) is 12.5 Å². The highest BCUT2D eigenvalue weighted by molar-refractivity contribution is 5.59. The van der Waals surface area contributed by atoms with Crippen LogP contribution < -0.4 is 0 Å². The number of aliphatic hydroxyl groups excluding tert-OH is 1. The van der Waals surface area contributed by atoms with Crippen molar-refractivity contribution in [1.82, 2.24) is 0 Å². The third kappa shape index (κ3) is 2.92. The van der Waals surface area contributed by atoms with Crippen molar-refractivity contribution in [3.05, 3.63) is 42.0 Å². The van der Waals surface area contributed by atoms with E-state index < -0.39 is 0 Å². The Hall–Kier alpha value is -1.28. The summed E-state index contributed by atoms with van der Waals surface area (Å²) in [6.45, 7) is 2.30. The van der Waals surface area contributed by atoms with Crippen LogP contribution >= 0.6 is 0 Å². The Bertz CT molecular complexity index is 265. The van der Waals surface area contributed by atoms with Gasteiger partial charge in [0.15, 0.2) is 0 Å². The molecule has 0 saturated heterocycles. The average Bonchev–Trinajstić information content (AvgIpc) is 2.21. The topological polar surface area (TPSA) is 29.5 Å². The Kier molecular flexibility index (Phi) is 4.06. The zero-order valence-corrected chi connectivity index (χ0v) is 7.73. The summed E-state index contributed by atoms with van der Waals surface area (Å²) in [5.74, 6) is 0.814. The lowest BCUT2D eigenvalue weighted by Crippen LogP contribution is -1.98. The van der Waals surface area contributed by atoms with Crippen LogP contribution in [0.3, 0.4) is 0 Å². The zero-order chi connectivity index (χ0) is 9.52. The van der Waals surface area contributed by atoms with Gasteiger partial charge in [0.25, 0.3) is 0 Å². The molecule has 2 heteroatoms. The van der Waals surface area contributed by atoms with Crippen molar-refractivity contribution in [1.29, 1.82) is 0 Å². The van der Waals surface area contributed by atoms with Gasteiger partial charge in [0.2, 0.25) is 0 Å². The van der Waals surface area contributed by atoms with Crippen LogP contribution in [0.5, 0.6) is 0 Å². The number of aliphatic hydroxyl groups is 1. The fourth-order valence-electron chi connectivity index (χ4n) is 1.09. The fourth-order valence-corrected chi connectivity index (χ4v) is 1.09. The first-order valence-corrected chi connectivity index (χ1v) is 4.34. The van der Waals surface area contributed by atoms with Crippen LogP contribution in [0, 0.1) is 0 Å². The van der Waals surface area contributed by atoms with Crippen molar-refractivity contribution < 1.29 is 9.84 Å². The minimum atomic E-state index is 0.0458. The van der Waals surface area contributed by atoms with Crippen LogP contribution in [-0.4, -0.2) is 18.3 Å². The molecule has 0 radical (unpaired) electrons. The maximum atomic E-state index is 8.61. The molecule has 0 aliphatic heterocycles. The van der Waals surface area contributed by atoms with E-state index in [4.69, 9.17) is 9.84 Å². The summed E-state index contributed by atoms with van der Waals surface area (Å²) in [5.41, 5.74) is 1.04. The van der Waals surface area contributed by atoms with Crippen LogP contribution in [0.2, 0.25) is 0 Å². The van der Waals surface area contributed by atoms with Gasteiger partial charge in [-0.05, 0) is 13.0 Å². The van der Waals surface area contributed by atoms with E-state index in [9.17, 15) is 0 Å². The Labute approximate surface area is 78.5 Å². The lowest BCUT2D eigenvalue weighted by molar-refractivity contribution is 0.180. The Balaban J connectivity index is 2.69. The van der Waals surface area contributed by atoms with E-state index in [2.05, 4.69) is 0 Å². The standard InChI is InChI=1S/C11H14O2/c1-2-11(13-9-8-12)10-6-4-3-5-7-10/h2-7,12H,8-9H2,1H3/b11-2+. The van der Waals surface area contributed by atoms with Crippen molar-refractivity contribution >= 4 is 5.76 Å².